The van der Waals surface area contributed by atoms with Crippen LogP contribution in [0.2, 0.25) is 0 Å². The van der Waals surface area contributed by atoms with Gasteiger partial charge in [0.2, 0.25) is 0 Å². The summed E-state index contributed by atoms with van der Waals surface area (Å²) in [6.07, 6.45) is -6.64. The zero-order valence-electron chi connectivity index (χ0n) is 10.9. The van der Waals surface area contributed by atoms with Gasteiger partial charge in [-0.15, -0.1) is 0 Å². The van der Waals surface area contributed by atoms with Crippen LogP contribution in [0.15, 0.2) is 12.1 Å². The number of esters is 1. The molecule has 0 heterocycles. The Labute approximate surface area is 112 Å². The summed E-state index contributed by atoms with van der Waals surface area (Å²) >= 11 is 0. The molecule has 0 amide bonds. The summed E-state index contributed by atoms with van der Waals surface area (Å²) in [6.45, 7) is 0. The summed E-state index contributed by atoms with van der Waals surface area (Å²) in [6, 6.07) is 1.79. The van der Waals surface area contributed by atoms with E-state index in [0.717, 1.165) is 27.4 Å². The average Bonchev–Trinajstić information content (AvgIpc) is 2.42. The van der Waals surface area contributed by atoms with Crippen molar-refractivity contribution in [1.29, 1.82) is 0 Å². The molecule has 1 rings (SSSR count). The van der Waals surface area contributed by atoms with E-state index in [-0.39, 0.29) is 11.3 Å². The molecule has 1 atom stereocenters. The van der Waals surface area contributed by atoms with Gasteiger partial charge in [-0.2, -0.15) is 13.2 Å². The van der Waals surface area contributed by atoms with Gasteiger partial charge in [0.05, 0.1) is 21.3 Å². The van der Waals surface area contributed by atoms with Gasteiger partial charge in [0.25, 0.3) is 0 Å². The molecule has 20 heavy (non-hydrogen) atoms. The van der Waals surface area contributed by atoms with Gasteiger partial charge in [-0.05, 0) is 12.1 Å². The molecule has 8 heteroatoms. The average molecular weight is 294 g/mol. The summed E-state index contributed by atoms with van der Waals surface area (Å²) in [7, 11) is 3.17. The second kappa shape index (κ2) is 6.00. The third-order valence-corrected chi connectivity index (χ3v) is 2.56. The maximum absolute atomic E-state index is 12.9. The minimum absolute atomic E-state index is 0.170. The third kappa shape index (κ3) is 3.13. The Hall–Kier alpha value is -1.96. The van der Waals surface area contributed by atoms with Crippen LogP contribution in [0, 0.1) is 0 Å². The molecule has 0 aliphatic heterocycles. The van der Waals surface area contributed by atoms with Crippen LogP contribution < -0.4 is 9.47 Å². The maximum Gasteiger partial charge on any atom is 0.420 e. The molecule has 0 aliphatic rings. The van der Waals surface area contributed by atoms with E-state index in [0.29, 0.717) is 6.07 Å². The largest absolute Gasteiger partial charge is 0.497 e. The molecule has 0 saturated carbocycles. The highest BCUT2D eigenvalue weighted by atomic mass is 19.4. The number of aliphatic hydroxyl groups is 1. The zero-order chi connectivity index (χ0) is 15.5. The molecular formula is C12H13F3O5. The van der Waals surface area contributed by atoms with Gasteiger partial charge in [-0.3, -0.25) is 0 Å². The fourth-order valence-corrected chi connectivity index (χ4v) is 1.62. The van der Waals surface area contributed by atoms with Crippen molar-refractivity contribution in [3.05, 3.63) is 23.3 Å². The van der Waals surface area contributed by atoms with E-state index in [9.17, 15) is 23.1 Å². The minimum Gasteiger partial charge on any atom is -0.497 e. The molecule has 1 aromatic rings. The van der Waals surface area contributed by atoms with Crippen molar-refractivity contribution >= 4 is 5.97 Å². The highest BCUT2D eigenvalue weighted by molar-refractivity contribution is 5.77. The number of benzene rings is 1. The summed E-state index contributed by atoms with van der Waals surface area (Å²) in [5.41, 5.74) is -1.54. The lowest BCUT2D eigenvalue weighted by Crippen LogP contribution is -2.17. The van der Waals surface area contributed by atoms with Crippen LogP contribution in [0.4, 0.5) is 13.2 Å². The van der Waals surface area contributed by atoms with Crippen molar-refractivity contribution in [2.45, 2.75) is 12.3 Å². The summed E-state index contributed by atoms with van der Waals surface area (Å²) < 4.78 is 52.5. The first-order valence-electron chi connectivity index (χ1n) is 5.35. The van der Waals surface area contributed by atoms with E-state index >= 15 is 0 Å². The molecule has 1 unspecified atom stereocenters. The van der Waals surface area contributed by atoms with E-state index in [1.807, 2.05) is 0 Å². The number of carbonyl (C=O) groups is 1. The van der Waals surface area contributed by atoms with E-state index < -0.39 is 29.6 Å². The van der Waals surface area contributed by atoms with Crippen LogP contribution in [0.25, 0.3) is 0 Å². The van der Waals surface area contributed by atoms with E-state index in [1.54, 1.807) is 0 Å². The fourth-order valence-electron chi connectivity index (χ4n) is 1.62. The van der Waals surface area contributed by atoms with Gasteiger partial charge < -0.3 is 19.3 Å². The second-order valence-corrected chi connectivity index (χ2v) is 3.72. The lowest BCUT2D eigenvalue weighted by Gasteiger charge is -2.19. The third-order valence-electron chi connectivity index (χ3n) is 2.56. The monoisotopic (exact) mass is 294 g/mol. The Bertz CT molecular complexity index is 499. The van der Waals surface area contributed by atoms with Crippen molar-refractivity contribution in [2.75, 3.05) is 21.3 Å². The van der Waals surface area contributed by atoms with Crippen molar-refractivity contribution < 1.29 is 37.3 Å². The Morgan fingerprint density at radius 1 is 1.20 bits per heavy atom. The molecule has 1 N–H and O–H groups in total. The highest BCUT2D eigenvalue weighted by Crippen LogP contribution is 2.42. The molecule has 0 spiro atoms. The standard InChI is InChI=1S/C12H13F3O5/c1-18-6-4-7(9(16)11(17)20-3)10(19-2)8(5-6)12(13,14)15/h4-5,9,16H,1-3H3. The first kappa shape index (κ1) is 16.1. The molecule has 0 fully saturated rings. The molecule has 1 aromatic carbocycles. The van der Waals surface area contributed by atoms with E-state index in [4.69, 9.17) is 4.74 Å². The zero-order valence-corrected chi connectivity index (χ0v) is 10.9. The predicted molar refractivity (Wildman–Crippen MR) is 61.5 cm³/mol. The number of hydrogen-bond donors (Lipinski definition) is 1. The van der Waals surface area contributed by atoms with Crippen LogP contribution >= 0.6 is 0 Å². The minimum atomic E-state index is -4.73. The quantitative estimate of drug-likeness (QED) is 0.860. The van der Waals surface area contributed by atoms with Gasteiger partial charge in [-0.1, -0.05) is 0 Å². The second-order valence-electron chi connectivity index (χ2n) is 3.72. The van der Waals surface area contributed by atoms with Crippen molar-refractivity contribution in [3.63, 3.8) is 0 Å². The number of alkyl halides is 3. The topological polar surface area (TPSA) is 65.0 Å². The fraction of sp³-hybridized carbons (Fsp3) is 0.417. The number of carbonyl (C=O) groups excluding carboxylic acids is 1. The van der Waals surface area contributed by atoms with Crippen molar-refractivity contribution in [2.24, 2.45) is 0 Å². The first-order valence-corrected chi connectivity index (χ1v) is 5.35. The van der Waals surface area contributed by atoms with Crippen molar-refractivity contribution in [3.8, 4) is 11.5 Å². The SMILES string of the molecule is COC(=O)C(O)c1cc(OC)cc(C(F)(F)F)c1OC. The lowest BCUT2D eigenvalue weighted by atomic mass is 10.0. The summed E-state index contributed by atoms with van der Waals surface area (Å²) in [5.74, 6) is -1.93. The highest BCUT2D eigenvalue weighted by Gasteiger charge is 2.38. The van der Waals surface area contributed by atoms with E-state index in [2.05, 4.69) is 9.47 Å². The molecule has 0 bridgehead atoms. The van der Waals surface area contributed by atoms with Crippen LogP contribution in [0.5, 0.6) is 11.5 Å². The Morgan fingerprint density at radius 2 is 1.80 bits per heavy atom. The Balaban J connectivity index is 3.53. The van der Waals surface area contributed by atoms with Crippen LogP contribution in [0.1, 0.15) is 17.2 Å². The van der Waals surface area contributed by atoms with Gasteiger partial charge >= 0.3 is 12.1 Å². The number of ether oxygens (including phenoxy) is 3. The van der Waals surface area contributed by atoms with Crippen LogP contribution in [-0.4, -0.2) is 32.4 Å². The molecule has 0 aliphatic carbocycles. The normalized spacial score (nSPS) is 12.8. The Morgan fingerprint density at radius 3 is 2.20 bits per heavy atom. The summed E-state index contributed by atoms with van der Waals surface area (Å²) in [4.78, 5) is 11.3. The smallest absolute Gasteiger partial charge is 0.420 e. The number of methoxy groups -OCH3 is 3. The van der Waals surface area contributed by atoms with Gasteiger partial charge in [0, 0.05) is 5.56 Å². The number of halogens is 3. The van der Waals surface area contributed by atoms with Gasteiger partial charge in [-0.25, -0.2) is 4.79 Å². The molecule has 0 radical (unpaired) electrons. The van der Waals surface area contributed by atoms with Crippen LogP contribution in [0.3, 0.4) is 0 Å². The molecule has 0 aromatic heterocycles. The van der Waals surface area contributed by atoms with Crippen molar-refractivity contribution in [1.82, 2.24) is 0 Å². The molecule has 0 saturated heterocycles. The maximum atomic E-state index is 12.9. The summed E-state index contributed by atoms with van der Waals surface area (Å²) in [5, 5.41) is 9.73. The van der Waals surface area contributed by atoms with E-state index in [1.165, 1.54) is 0 Å². The number of aliphatic hydroxyl groups excluding tert-OH is 1. The first-order chi connectivity index (χ1) is 9.26. The lowest BCUT2D eigenvalue weighted by molar-refractivity contribution is -0.151. The van der Waals surface area contributed by atoms with Gasteiger partial charge in [0.1, 0.15) is 17.1 Å². The number of rotatable bonds is 4. The molecule has 112 valence electrons. The number of hydrogen-bond acceptors (Lipinski definition) is 5. The van der Waals surface area contributed by atoms with Gasteiger partial charge in [0.15, 0.2) is 6.10 Å². The van der Waals surface area contributed by atoms with Crippen LogP contribution in [-0.2, 0) is 15.7 Å². The molecule has 5 nitrogen and oxygen atoms in total. The Kier molecular flexibility index (Phi) is 4.83. The molecular weight excluding hydrogens is 281 g/mol. The predicted octanol–water partition coefficient (Wildman–Crippen LogP) is 1.93.